The van der Waals surface area contributed by atoms with Crippen molar-refractivity contribution in [3.05, 3.63) is 0 Å². The van der Waals surface area contributed by atoms with Gasteiger partial charge in [-0.05, 0) is 104 Å². The Labute approximate surface area is 179 Å². The molecule has 2 unspecified atom stereocenters. The Balaban J connectivity index is 1.47. The van der Waals surface area contributed by atoms with Gasteiger partial charge in [-0.3, -0.25) is 4.79 Å². The lowest BCUT2D eigenvalue weighted by molar-refractivity contribution is -0.132. The van der Waals surface area contributed by atoms with Gasteiger partial charge in [0.1, 0.15) is 5.78 Å². The molecular weight excluding hydrogens is 356 g/mol. The Hall–Kier alpha value is -0.370. The second kappa shape index (κ2) is 8.29. The Morgan fingerprint density at radius 1 is 0.931 bits per heavy atom. The first-order valence-electron chi connectivity index (χ1n) is 12.9. The van der Waals surface area contributed by atoms with Gasteiger partial charge in [0.25, 0.3) is 0 Å². The molecule has 0 bridgehead atoms. The molecule has 0 aromatic heterocycles. The predicted octanol–water partition coefficient (Wildman–Crippen LogP) is 6.65. The number of rotatable bonds is 6. The monoisotopic (exact) mass is 402 g/mol. The number of hydrogen-bond donors (Lipinski definition) is 1. The van der Waals surface area contributed by atoms with Gasteiger partial charge in [-0.1, -0.05) is 40.5 Å². The lowest BCUT2D eigenvalue weighted by Crippen LogP contribution is -2.53. The molecule has 4 aliphatic rings. The van der Waals surface area contributed by atoms with Crippen molar-refractivity contribution in [1.29, 1.82) is 0 Å². The van der Waals surface area contributed by atoms with E-state index >= 15 is 0 Å². The van der Waals surface area contributed by atoms with Crippen molar-refractivity contribution in [1.82, 2.24) is 0 Å². The fraction of sp³-hybridized carbons (Fsp3) is 0.963. The molecule has 29 heavy (non-hydrogen) atoms. The van der Waals surface area contributed by atoms with Crippen molar-refractivity contribution in [3.8, 4) is 0 Å². The van der Waals surface area contributed by atoms with Crippen LogP contribution in [0.2, 0.25) is 0 Å². The van der Waals surface area contributed by atoms with Gasteiger partial charge >= 0.3 is 0 Å². The van der Waals surface area contributed by atoms with E-state index in [1.807, 2.05) is 6.92 Å². The molecule has 0 aromatic rings. The lowest BCUT2D eigenvalue weighted by Gasteiger charge is -2.60. The van der Waals surface area contributed by atoms with Crippen LogP contribution in [0.4, 0.5) is 0 Å². The number of ketones is 1. The molecule has 0 aromatic carbocycles. The van der Waals surface area contributed by atoms with Gasteiger partial charge in [-0.2, -0.15) is 0 Å². The van der Waals surface area contributed by atoms with Gasteiger partial charge in [-0.25, -0.2) is 0 Å². The second-order valence-corrected chi connectivity index (χ2v) is 12.2. The highest BCUT2D eigenvalue weighted by Gasteiger charge is 2.60. The summed E-state index contributed by atoms with van der Waals surface area (Å²) in [4.78, 5) is 13.0. The molecule has 2 nitrogen and oxygen atoms in total. The summed E-state index contributed by atoms with van der Waals surface area (Å²) in [5.41, 5.74) is 0.999. The maximum Gasteiger partial charge on any atom is 0.136 e. The highest BCUT2D eigenvalue weighted by molar-refractivity contribution is 5.81. The van der Waals surface area contributed by atoms with Crippen LogP contribution in [0.5, 0.6) is 0 Å². The lowest BCUT2D eigenvalue weighted by atomic mass is 9.44. The highest BCUT2D eigenvalue weighted by Crippen LogP contribution is 2.68. The normalized spacial score (nSPS) is 46.3. The zero-order chi connectivity index (χ0) is 20.8. The number of carbonyl (C=O) groups excluding carboxylic acids is 1. The molecule has 166 valence electrons. The number of carbonyl (C=O) groups is 1. The minimum absolute atomic E-state index is 0.202. The third-order valence-corrected chi connectivity index (χ3v) is 11.0. The summed E-state index contributed by atoms with van der Waals surface area (Å²) in [7, 11) is 0. The van der Waals surface area contributed by atoms with Gasteiger partial charge in [0.05, 0.1) is 0 Å². The maximum atomic E-state index is 13.0. The fourth-order valence-electron chi connectivity index (χ4n) is 9.09. The van der Waals surface area contributed by atoms with Crippen LogP contribution in [0.3, 0.4) is 0 Å². The van der Waals surface area contributed by atoms with E-state index in [4.69, 9.17) is 0 Å². The third kappa shape index (κ3) is 3.64. The first-order valence-corrected chi connectivity index (χ1v) is 12.9. The quantitative estimate of drug-likeness (QED) is 0.540. The van der Waals surface area contributed by atoms with Gasteiger partial charge in [0, 0.05) is 18.9 Å². The smallest absolute Gasteiger partial charge is 0.136 e. The molecule has 0 heterocycles. The molecule has 2 heteroatoms. The molecule has 4 aliphatic carbocycles. The summed E-state index contributed by atoms with van der Waals surface area (Å²) in [6.07, 6.45) is 15.8. The van der Waals surface area contributed by atoms with E-state index in [1.54, 1.807) is 0 Å². The summed E-state index contributed by atoms with van der Waals surface area (Å²) in [5.74, 6) is 5.23. The van der Waals surface area contributed by atoms with E-state index in [9.17, 15) is 9.90 Å². The molecule has 1 N–H and O–H groups in total. The van der Waals surface area contributed by atoms with Gasteiger partial charge < -0.3 is 5.11 Å². The largest absolute Gasteiger partial charge is 0.396 e. The Morgan fingerprint density at radius 2 is 1.69 bits per heavy atom. The van der Waals surface area contributed by atoms with Crippen LogP contribution in [0, 0.1) is 52.3 Å². The predicted molar refractivity (Wildman–Crippen MR) is 119 cm³/mol. The van der Waals surface area contributed by atoms with Crippen LogP contribution in [0.1, 0.15) is 105 Å². The molecule has 0 saturated heterocycles. The molecule has 0 spiro atoms. The van der Waals surface area contributed by atoms with E-state index in [0.29, 0.717) is 29.0 Å². The SMILES string of the molecule is CC(CO)CCC(=O)[C@@H](C)[C@H]1CC[C@H]2[C@@H]3CCC4CCCC[C@]4(C)[C@H]3CC[C@]12C. The summed E-state index contributed by atoms with van der Waals surface area (Å²) >= 11 is 0. The average Bonchev–Trinajstić information content (AvgIpc) is 3.07. The minimum atomic E-state index is 0.202. The van der Waals surface area contributed by atoms with Crippen LogP contribution in [-0.2, 0) is 4.79 Å². The molecule has 9 atom stereocenters. The van der Waals surface area contributed by atoms with E-state index in [1.165, 1.54) is 64.2 Å². The van der Waals surface area contributed by atoms with Gasteiger partial charge in [-0.15, -0.1) is 0 Å². The number of fused-ring (bicyclic) bond motifs is 5. The fourth-order valence-corrected chi connectivity index (χ4v) is 9.09. The molecule has 0 radical (unpaired) electrons. The first-order chi connectivity index (χ1) is 13.8. The molecule has 4 saturated carbocycles. The Bertz CT molecular complexity index is 599. The Morgan fingerprint density at radius 3 is 2.45 bits per heavy atom. The number of aliphatic hydroxyl groups is 1. The third-order valence-electron chi connectivity index (χ3n) is 11.0. The van der Waals surface area contributed by atoms with Crippen LogP contribution < -0.4 is 0 Å². The van der Waals surface area contributed by atoms with Crippen LogP contribution >= 0.6 is 0 Å². The van der Waals surface area contributed by atoms with E-state index in [2.05, 4.69) is 20.8 Å². The highest BCUT2D eigenvalue weighted by atomic mass is 16.3. The van der Waals surface area contributed by atoms with Crippen molar-refractivity contribution < 1.29 is 9.90 Å². The standard InChI is InChI=1S/C27H46O2/c1-18(17-28)8-13-25(29)19(2)22-11-12-23-21-10-9-20-7-5-6-15-26(20,3)24(21)14-16-27(22,23)4/h18-24,28H,5-17H2,1-4H3/t18?,19-,20?,21-,22+,23-,24-,26-,27+/m0/s1. The molecule has 0 aliphatic heterocycles. The van der Waals surface area contributed by atoms with Crippen molar-refractivity contribution in [2.24, 2.45) is 52.3 Å². The number of Topliss-reactive ketones (excluding diaryl/α,β-unsaturated/α-hetero) is 1. The number of aliphatic hydroxyl groups excluding tert-OH is 1. The summed E-state index contributed by atoms with van der Waals surface area (Å²) < 4.78 is 0. The van der Waals surface area contributed by atoms with E-state index < -0.39 is 0 Å². The van der Waals surface area contributed by atoms with Crippen LogP contribution in [0.25, 0.3) is 0 Å². The van der Waals surface area contributed by atoms with Crippen molar-refractivity contribution in [2.75, 3.05) is 6.61 Å². The van der Waals surface area contributed by atoms with Crippen LogP contribution in [0.15, 0.2) is 0 Å². The molecule has 0 amide bonds. The van der Waals surface area contributed by atoms with Gasteiger partial charge in [0.15, 0.2) is 0 Å². The van der Waals surface area contributed by atoms with Crippen molar-refractivity contribution in [3.63, 3.8) is 0 Å². The van der Waals surface area contributed by atoms with Crippen molar-refractivity contribution >= 4 is 5.78 Å². The maximum absolute atomic E-state index is 13.0. The molecule has 4 rings (SSSR count). The topological polar surface area (TPSA) is 37.3 Å². The summed E-state index contributed by atoms with van der Waals surface area (Å²) in [5, 5.41) is 9.30. The van der Waals surface area contributed by atoms with E-state index in [-0.39, 0.29) is 18.4 Å². The zero-order valence-corrected chi connectivity index (χ0v) is 19.6. The molecular formula is C27H46O2. The molecule has 4 fully saturated rings. The number of hydrogen-bond acceptors (Lipinski definition) is 2. The first kappa shape index (κ1) is 21.8. The van der Waals surface area contributed by atoms with E-state index in [0.717, 1.165) is 30.1 Å². The Kier molecular flexibility index (Phi) is 6.24. The van der Waals surface area contributed by atoms with Gasteiger partial charge in [0.2, 0.25) is 0 Å². The average molecular weight is 403 g/mol. The summed E-state index contributed by atoms with van der Waals surface area (Å²) in [6.45, 7) is 9.72. The minimum Gasteiger partial charge on any atom is -0.396 e. The summed E-state index contributed by atoms with van der Waals surface area (Å²) in [6, 6.07) is 0. The van der Waals surface area contributed by atoms with Crippen molar-refractivity contribution in [2.45, 2.75) is 105 Å². The van der Waals surface area contributed by atoms with Crippen LogP contribution in [-0.4, -0.2) is 17.5 Å². The zero-order valence-electron chi connectivity index (χ0n) is 19.6. The second-order valence-electron chi connectivity index (χ2n) is 12.2.